The Kier molecular flexibility index (Phi) is 5.96. The Morgan fingerprint density at radius 1 is 1.00 bits per heavy atom. The first kappa shape index (κ1) is 22.3. The molecule has 0 spiro atoms. The smallest absolute Gasteiger partial charge is 0.413 e. The van der Waals surface area contributed by atoms with Crippen LogP contribution >= 0.6 is 0 Å². The highest BCUT2D eigenvalue weighted by molar-refractivity contribution is 6.08. The predicted molar refractivity (Wildman–Crippen MR) is 136 cm³/mol. The summed E-state index contributed by atoms with van der Waals surface area (Å²) >= 11 is 0. The summed E-state index contributed by atoms with van der Waals surface area (Å²) in [6.45, 7) is 8.90. The summed E-state index contributed by atoms with van der Waals surface area (Å²) in [5, 5.41) is 4.66. The van der Waals surface area contributed by atoms with Crippen molar-refractivity contribution in [3.63, 3.8) is 0 Å². The predicted octanol–water partition coefficient (Wildman–Crippen LogP) is 6.11. The number of nitrogens with one attached hydrogen (secondary N) is 2. The molecule has 1 aromatic carbocycles. The van der Waals surface area contributed by atoms with Crippen LogP contribution in [0.5, 0.6) is 0 Å². The lowest BCUT2D eigenvalue weighted by Crippen LogP contribution is -2.28. The molecule has 176 valence electrons. The van der Waals surface area contributed by atoms with Crippen molar-refractivity contribution in [2.75, 3.05) is 18.4 Å². The zero-order valence-corrected chi connectivity index (χ0v) is 20.0. The minimum Gasteiger partial charge on any atom is -0.444 e. The van der Waals surface area contributed by atoms with Crippen molar-refractivity contribution in [3.8, 4) is 11.1 Å². The molecule has 0 unspecified atom stereocenters. The van der Waals surface area contributed by atoms with Gasteiger partial charge in [-0.1, -0.05) is 30.7 Å². The molecular formula is C27H31N5O2. The minimum absolute atomic E-state index is 0.440. The number of hydrogen-bond donors (Lipinski definition) is 2. The lowest BCUT2D eigenvalue weighted by atomic mass is 10.0. The molecule has 3 aromatic heterocycles. The Morgan fingerprint density at radius 3 is 2.50 bits per heavy atom. The number of carbonyl (C=O) groups excluding carboxylic acids is 1. The van der Waals surface area contributed by atoms with Crippen molar-refractivity contribution in [1.82, 2.24) is 19.9 Å². The molecule has 1 amide bonds. The first-order chi connectivity index (χ1) is 16.3. The molecule has 34 heavy (non-hydrogen) atoms. The molecule has 1 saturated heterocycles. The Morgan fingerprint density at radius 2 is 1.76 bits per heavy atom. The van der Waals surface area contributed by atoms with Gasteiger partial charge in [0.25, 0.3) is 0 Å². The van der Waals surface area contributed by atoms with Crippen LogP contribution in [0.25, 0.3) is 33.1 Å². The van der Waals surface area contributed by atoms with E-state index < -0.39 is 11.7 Å². The minimum atomic E-state index is -0.572. The highest BCUT2D eigenvalue weighted by Crippen LogP contribution is 2.30. The Balaban J connectivity index is 1.39. The number of aromatic nitrogens is 3. The Hall–Kier alpha value is -3.45. The van der Waals surface area contributed by atoms with Gasteiger partial charge in [-0.05, 0) is 70.0 Å². The number of piperidine rings is 1. The van der Waals surface area contributed by atoms with E-state index in [9.17, 15) is 4.79 Å². The summed E-state index contributed by atoms with van der Waals surface area (Å²) in [5.74, 6) is 0.440. The summed E-state index contributed by atoms with van der Waals surface area (Å²) in [6, 6.07) is 12.8. The van der Waals surface area contributed by atoms with Crippen molar-refractivity contribution >= 4 is 33.8 Å². The lowest BCUT2D eigenvalue weighted by molar-refractivity contribution is 0.0635. The molecule has 1 fully saturated rings. The zero-order valence-electron chi connectivity index (χ0n) is 20.0. The third-order valence-corrected chi connectivity index (χ3v) is 6.11. The number of rotatable bonds is 4. The van der Waals surface area contributed by atoms with E-state index in [1.54, 1.807) is 6.20 Å². The van der Waals surface area contributed by atoms with Crippen molar-refractivity contribution in [2.45, 2.75) is 52.2 Å². The SMILES string of the molecule is CC(C)(C)OC(=O)Nc1cc2c(cn1)[nH]c1ncc(-c3ccc(CN4CCCCC4)cc3)cc12. The molecule has 1 aliphatic rings. The van der Waals surface area contributed by atoms with Gasteiger partial charge in [-0.2, -0.15) is 0 Å². The number of nitrogens with zero attached hydrogens (tertiary/aromatic N) is 3. The molecule has 5 rings (SSSR count). The van der Waals surface area contributed by atoms with Crippen LogP contribution in [0.3, 0.4) is 0 Å². The van der Waals surface area contributed by atoms with E-state index in [4.69, 9.17) is 4.74 Å². The first-order valence-corrected chi connectivity index (χ1v) is 11.9. The topological polar surface area (TPSA) is 83.1 Å². The maximum atomic E-state index is 12.2. The highest BCUT2D eigenvalue weighted by atomic mass is 16.6. The van der Waals surface area contributed by atoms with Crippen molar-refractivity contribution < 1.29 is 9.53 Å². The van der Waals surface area contributed by atoms with E-state index in [-0.39, 0.29) is 0 Å². The van der Waals surface area contributed by atoms with Crippen molar-refractivity contribution in [1.29, 1.82) is 0 Å². The van der Waals surface area contributed by atoms with Gasteiger partial charge >= 0.3 is 6.09 Å². The van der Waals surface area contributed by atoms with E-state index in [0.717, 1.165) is 39.6 Å². The zero-order chi connectivity index (χ0) is 23.7. The van der Waals surface area contributed by atoms with Gasteiger partial charge in [-0.3, -0.25) is 10.2 Å². The van der Waals surface area contributed by atoms with Crippen LogP contribution < -0.4 is 5.32 Å². The van der Waals surface area contributed by atoms with Gasteiger partial charge in [0, 0.05) is 29.1 Å². The van der Waals surface area contributed by atoms with Gasteiger partial charge in [0.05, 0.1) is 11.7 Å². The summed E-state index contributed by atoms with van der Waals surface area (Å²) in [7, 11) is 0. The number of likely N-dealkylation sites (tertiary alicyclic amines) is 1. The molecule has 7 heteroatoms. The first-order valence-electron chi connectivity index (χ1n) is 11.9. The monoisotopic (exact) mass is 457 g/mol. The van der Waals surface area contributed by atoms with E-state index in [1.807, 2.05) is 33.0 Å². The van der Waals surface area contributed by atoms with Gasteiger partial charge in [-0.15, -0.1) is 0 Å². The summed E-state index contributed by atoms with van der Waals surface area (Å²) < 4.78 is 5.34. The molecular weight excluding hydrogens is 426 g/mol. The molecule has 0 radical (unpaired) electrons. The Bertz CT molecular complexity index is 1310. The van der Waals surface area contributed by atoms with E-state index in [1.165, 1.54) is 37.9 Å². The number of amides is 1. The maximum Gasteiger partial charge on any atom is 0.413 e. The second-order valence-electron chi connectivity index (χ2n) is 10.0. The van der Waals surface area contributed by atoms with E-state index in [0.29, 0.717) is 5.82 Å². The largest absolute Gasteiger partial charge is 0.444 e. The third-order valence-electron chi connectivity index (χ3n) is 6.11. The molecule has 0 aliphatic carbocycles. The molecule has 0 atom stereocenters. The number of H-pyrrole nitrogens is 1. The van der Waals surface area contributed by atoms with Gasteiger partial charge in [0.1, 0.15) is 17.1 Å². The second-order valence-corrected chi connectivity index (χ2v) is 10.0. The Labute approximate surface area is 199 Å². The average Bonchev–Trinajstić information content (AvgIpc) is 3.16. The average molecular weight is 458 g/mol. The van der Waals surface area contributed by atoms with Crippen molar-refractivity contribution in [2.24, 2.45) is 0 Å². The highest BCUT2D eigenvalue weighted by Gasteiger charge is 2.17. The van der Waals surface area contributed by atoms with E-state index >= 15 is 0 Å². The fourth-order valence-corrected chi connectivity index (χ4v) is 4.49. The fourth-order valence-electron chi connectivity index (χ4n) is 4.49. The molecule has 7 nitrogen and oxygen atoms in total. The van der Waals surface area contributed by atoms with Gasteiger partial charge in [0.15, 0.2) is 0 Å². The second kappa shape index (κ2) is 9.06. The molecule has 4 aromatic rings. The quantitative estimate of drug-likeness (QED) is 0.386. The summed E-state index contributed by atoms with van der Waals surface area (Å²) in [4.78, 5) is 27.0. The molecule has 0 bridgehead atoms. The van der Waals surface area contributed by atoms with Crippen molar-refractivity contribution in [3.05, 3.63) is 54.4 Å². The number of hydrogen-bond acceptors (Lipinski definition) is 5. The van der Waals surface area contributed by atoms with Crippen LogP contribution in [0.2, 0.25) is 0 Å². The fraction of sp³-hybridized carbons (Fsp3) is 0.370. The standard InChI is InChI=1S/C27H31N5O2/c1-27(2,3)34-26(33)31-24-14-21-22-13-20(15-29-25(22)30-23(21)16-28-24)19-9-7-18(8-10-19)17-32-11-5-4-6-12-32/h7-10,13-16H,4-6,11-12,17H2,1-3H3,(H,29,30)(H,28,31,33). The number of aromatic amines is 1. The van der Waals surface area contributed by atoms with Crippen LogP contribution in [-0.2, 0) is 11.3 Å². The number of carbonyl (C=O) groups is 1. The third kappa shape index (κ3) is 5.04. The molecule has 1 aliphatic heterocycles. The van der Waals surface area contributed by atoms with Crippen LogP contribution in [0, 0.1) is 0 Å². The number of benzene rings is 1. The number of ether oxygens (including phenoxy) is 1. The normalized spacial score (nSPS) is 15.0. The van der Waals surface area contributed by atoms with Crippen LogP contribution in [0.1, 0.15) is 45.6 Å². The summed E-state index contributed by atoms with van der Waals surface area (Å²) in [5.41, 5.74) is 4.61. The molecule has 0 saturated carbocycles. The van der Waals surface area contributed by atoms with Gasteiger partial charge in [-0.25, -0.2) is 14.8 Å². The van der Waals surface area contributed by atoms with Crippen LogP contribution in [-0.4, -0.2) is 44.6 Å². The van der Waals surface area contributed by atoms with Gasteiger partial charge in [0.2, 0.25) is 0 Å². The number of anilines is 1. The summed E-state index contributed by atoms with van der Waals surface area (Å²) in [6.07, 6.45) is 7.04. The maximum absolute atomic E-state index is 12.2. The van der Waals surface area contributed by atoms with Crippen LogP contribution in [0.4, 0.5) is 10.6 Å². The van der Waals surface area contributed by atoms with E-state index in [2.05, 4.69) is 55.5 Å². The van der Waals surface area contributed by atoms with Crippen LogP contribution in [0.15, 0.2) is 48.8 Å². The van der Waals surface area contributed by atoms with Gasteiger partial charge < -0.3 is 9.72 Å². The number of fused-ring (bicyclic) bond motifs is 3. The molecule has 2 N–H and O–H groups in total. The number of pyridine rings is 2. The lowest BCUT2D eigenvalue weighted by Gasteiger charge is -2.26. The molecule has 4 heterocycles.